The molecular formula is C77H118O6. The average molecular weight is 1140 g/mol. The summed E-state index contributed by atoms with van der Waals surface area (Å²) in [6.07, 6.45) is 104. The number of hydrogen-bond acceptors (Lipinski definition) is 6. The Balaban J connectivity index is 4.50. The summed E-state index contributed by atoms with van der Waals surface area (Å²) in [7, 11) is 0. The van der Waals surface area contributed by atoms with Crippen molar-refractivity contribution < 1.29 is 28.6 Å². The van der Waals surface area contributed by atoms with E-state index >= 15 is 0 Å². The lowest BCUT2D eigenvalue weighted by atomic mass is 10.1. The van der Waals surface area contributed by atoms with Crippen LogP contribution in [0.15, 0.2) is 194 Å². The summed E-state index contributed by atoms with van der Waals surface area (Å²) < 4.78 is 16.9. The summed E-state index contributed by atoms with van der Waals surface area (Å²) in [5.74, 6) is -0.990. The van der Waals surface area contributed by atoms with Gasteiger partial charge in [0.25, 0.3) is 0 Å². The highest BCUT2D eigenvalue weighted by atomic mass is 16.6. The molecule has 0 aliphatic heterocycles. The lowest BCUT2D eigenvalue weighted by Crippen LogP contribution is -2.30. The van der Waals surface area contributed by atoms with Crippen LogP contribution in [0.5, 0.6) is 0 Å². The molecule has 0 aromatic carbocycles. The summed E-state index contributed by atoms with van der Waals surface area (Å²) in [5, 5.41) is 0. The zero-order chi connectivity index (χ0) is 59.9. The predicted molar refractivity (Wildman–Crippen MR) is 361 cm³/mol. The van der Waals surface area contributed by atoms with E-state index in [4.69, 9.17) is 14.2 Å². The largest absolute Gasteiger partial charge is 0.462 e. The fourth-order valence-corrected chi connectivity index (χ4v) is 8.26. The topological polar surface area (TPSA) is 78.9 Å². The van der Waals surface area contributed by atoms with Crippen molar-refractivity contribution in [2.24, 2.45) is 0 Å². The Morgan fingerprint density at radius 2 is 0.434 bits per heavy atom. The SMILES string of the molecule is CC/C=C\C/C=C\C/C=C\C/C=C\C/C=C\C/C=C\C/C=C\CCCCCCCCCC(=O)OCC(COC(=O)CCCCCC/C=C\C/C=C\C/C=C\C/C=C\CC)OC(=O)CCCCC/C=C\C/C=C\C/C=C\C/C=C\C/C=C\CC. The first-order valence-electron chi connectivity index (χ1n) is 32.9. The molecule has 0 radical (unpaired) electrons. The number of ether oxygens (including phenoxy) is 3. The third kappa shape index (κ3) is 66.9. The third-order valence-corrected chi connectivity index (χ3v) is 13.1. The van der Waals surface area contributed by atoms with Crippen molar-refractivity contribution in [2.75, 3.05) is 13.2 Å². The van der Waals surface area contributed by atoms with Gasteiger partial charge in [-0.1, -0.05) is 267 Å². The van der Waals surface area contributed by atoms with E-state index in [1.54, 1.807) is 0 Å². The molecule has 0 aliphatic carbocycles. The quantitative estimate of drug-likeness (QED) is 0.0261. The third-order valence-electron chi connectivity index (χ3n) is 13.1. The number of allylic oxidation sites excluding steroid dienone is 32. The number of hydrogen-bond donors (Lipinski definition) is 0. The Morgan fingerprint density at radius 1 is 0.241 bits per heavy atom. The van der Waals surface area contributed by atoms with Crippen LogP contribution in [-0.4, -0.2) is 37.2 Å². The first-order valence-corrected chi connectivity index (χ1v) is 32.9. The summed E-state index contributed by atoms with van der Waals surface area (Å²) in [5.41, 5.74) is 0. The highest BCUT2D eigenvalue weighted by molar-refractivity contribution is 5.71. The molecule has 0 aromatic heterocycles. The van der Waals surface area contributed by atoms with Gasteiger partial charge in [-0.2, -0.15) is 0 Å². The van der Waals surface area contributed by atoms with Gasteiger partial charge in [0.1, 0.15) is 13.2 Å². The van der Waals surface area contributed by atoms with Gasteiger partial charge < -0.3 is 14.2 Å². The molecule has 1 unspecified atom stereocenters. The van der Waals surface area contributed by atoms with Gasteiger partial charge in [0.2, 0.25) is 0 Å². The molecule has 0 aliphatic rings. The van der Waals surface area contributed by atoms with Crippen LogP contribution in [0.25, 0.3) is 0 Å². The highest BCUT2D eigenvalue weighted by Gasteiger charge is 2.19. The summed E-state index contributed by atoms with van der Waals surface area (Å²) in [6.45, 7) is 6.23. The molecule has 0 saturated carbocycles. The van der Waals surface area contributed by atoms with Crippen molar-refractivity contribution in [1.29, 1.82) is 0 Å². The van der Waals surface area contributed by atoms with Crippen LogP contribution in [0.1, 0.15) is 252 Å². The van der Waals surface area contributed by atoms with E-state index in [1.165, 1.54) is 19.3 Å². The Morgan fingerprint density at radius 3 is 0.687 bits per heavy atom. The second kappa shape index (κ2) is 68.7. The van der Waals surface area contributed by atoms with Gasteiger partial charge in [0.05, 0.1) is 0 Å². The van der Waals surface area contributed by atoms with E-state index in [0.717, 1.165) is 186 Å². The molecule has 1 atom stereocenters. The van der Waals surface area contributed by atoms with Gasteiger partial charge in [0.15, 0.2) is 6.10 Å². The maximum atomic E-state index is 12.9. The molecular weight excluding hydrogens is 1020 g/mol. The number of unbranched alkanes of at least 4 members (excludes halogenated alkanes) is 14. The molecule has 0 fully saturated rings. The van der Waals surface area contributed by atoms with Gasteiger partial charge in [0, 0.05) is 19.3 Å². The van der Waals surface area contributed by atoms with E-state index < -0.39 is 6.10 Å². The molecule has 6 nitrogen and oxygen atoms in total. The molecule has 0 bridgehead atoms. The van der Waals surface area contributed by atoms with E-state index in [2.05, 4.69) is 215 Å². The van der Waals surface area contributed by atoms with Crippen molar-refractivity contribution in [3.8, 4) is 0 Å². The van der Waals surface area contributed by atoms with Crippen molar-refractivity contribution >= 4 is 17.9 Å². The van der Waals surface area contributed by atoms with Crippen LogP contribution in [0.3, 0.4) is 0 Å². The molecule has 0 amide bonds. The molecule has 83 heavy (non-hydrogen) atoms. The van der Waals surface area contributed by atoms with Gasteiger partial charge in [-0.3, -0.25) is 14.4 Å². The lowest BCUT2D eigenvalue weighted by molar-refractivity contribution is -0.167. The van der Waals surface area contributed by atoms with Crippen molar-refractivity contribution in [3.05, 3.63) is 194 Å². The normalized spacial score (nSPS) is 13.4. The molecule has 0 saturated heterocycles. The minimum atomic E-state index is -0.825. The second-order valence-electron chi connectivity index (χ2n) is 20.9. The molecule has 0 aromatic rings. The van der Waals surface area contributed by atoms with Crippen molar-refractivity contribution in [2.45, 2.75) is 258 Å². The minimum Gasteiger partial charge on any atom is -0.462 e. The first kappa shape index (κ1) is 77.2. The summed E-state index contributed by atoms with van der Waals surface area (Å²) >= 11 is 0. The number of carbonyl (C=O) groups excluding carboxylic acids is 3. The standard InChI is InChI=1S/C77H118O6/c1-4-7-10-13-16-19-22-25-28-31-33-34-35-36-37-38-39-40-41-42-44-46-49-52-55-58-61-64-67-70-76(79)82-73-74(72-81-75(78)69-66-63-60-57-54-51-48-45-30-27-24-21-18-15-12-9-6-3)83-77(80)71-68-65-62-59-56-53-50-47-43-32-29-26-23-20-17-14-11-8-5-2/h7-12,16-21,25-30,33-34,36-37,39-40,42-44,47-48,51,53,56,74H,4-6,13-15,22-24,31-32,35,38,41,45-46,49-50,52,54-55,57-73H2,1-3H3/b10-7-,11-8-,12-9-,19-16-,20-17-,21-18-,28-25-,29-26-,30-27-,34-33-,37-36-,40-39-,44-42-,47-43-,51-48-,56-53-. The first-order chi connectivity index (χ1) is 41.0. The zero-order valence-corrected chi connectivity index (χ0v) is 52.9. The van der Waals surface area contributed by atoms with E-state index in [1.807, 2.05) is 0 Å². The zero-order valence-electron chi connectivity index (χ0n) is 52.9. The van der Waals surface area contributed by atoms with Gasteiger partial charge in [-0.05, 0) is 161 Å². The van der Waals surface area contributed by atoms with Crippen molar-refractivity contribution in [3.63, 3.8) is 0 Å². The van der Waals surface area contributed by atoms with Crippen molar-refractivity contribution in [1.82, 2.24) is 0 Å². The maximum Gasteiger partial charge on any atom is 0.306 e. The average Bonchev–Trinajstić information content (AvgIpc) is 3.49. The van der Waals surface area contributed by atoms with Crippen LogP contribution in [-0.2, 0) is 28.6 Å². The summed E-state index contributed by atoms with van der Waals surface area (Å²) in [6, 6.07) is 0. The highest BCUT2D eigenvalue weighted by Crippen LogP contribution is 2.13. The fraction of sp³-hybridized carbons (Fsp3) is 0.545. The van der Waals surface area contributed by atoms with Crippen LogP contribution in [0.4, 0.5) is 0 Å². The number of carbonyl (C=O) groups is 3. The maximum absolute atomic E-state index is 12.9. The molecule has 0 N–H and O–H groups in total. The second-order valence-corrected chi connectivity index (χ2v) is 20.9. The molecule has 6 heteroatoms. The van der Waals surface area contributed by atoms with Gasteiger partial charge >= 0.3 is 17.9 Å². The molecule has 0 spiro atoms. The van der Waals surface area contributed by atoms with E-state index in [9.17, 15) is 14.4 Å². The van der Waals surface area contributed by atoms with Crippen LogP contribution in [0, 0.1) is 0 Å². The predicted octanol–water partition coefficient (Wildman–Crippen LogP) is 23.0. The Hall–Kier alpha value is -5.75. The van der Waals surface area contributed by atoms with Crippen LogP contribution >= 0.6 is 0 Å². The molecule has 0 heterocycles. The summed E-state index contributed by atoms with van der Waals surface area (Å²) in [4.78, 5) is 38.4. The Bertz CT molecular complexity index is 1990. The minimum absolute atomic E-state index is 0.116. The Kier molecular flexibility index (Phi) is 64.0. The van der Waals surface area contributed by atoms with E-state index in [-0.39, 0.29) is 37.5 Å². The number of rotatable bonds is 57. The molecule has 0 rings (SSSR count). The monoisotopic (exact) mass is 1140 g/mol. The number of esters is 3. The van der Waals surface area contributed by atoms with Gasteiger partial charge in [-0.15, -0.1) is 0 Å². The van der Waals surface area contributed by atoms with Gasteiger partial charge in [-0.25, -0.2) is 0 Å². The van der Waals surface area contributed by atoms with E-state index in [0.29, 0.717) is 19.3 Å². The fourth-order valence-electron chi connectivity index (χ4n) is 8.26. The van der Waals surface area contributed by atoms with Crippen LogP contribution < -0.4 is 0 Å². The lowest BCUT2D eigenvalue weighted by Gasteiger charge is -2.18. The smallest absolute Gasteiger partial charge is 0.306 e. The Labute approximate surface area is 509 Å². The molecule has 462 valence electrons. The van der Waals surface area contributed by atoms with Crippen LogP contribution in [0.2, 0.25) is 0 Å².